The van der Waals surface area contributed by atoms with Crippen LogP contribution in [0.25, 0.3) is 0 Å². The maximum atomic E-state index is 13.6. The number of aromatic nitrogens is 1. The highest BCUT2D eigenvalue weighted by Crippen LogP contribution is 2.38. The average Bonchev–Trinajstić information content (AvgIpc) is 3.37. The first-order valence-electron chi connectivity index (χ1n) is 12.3. The van der Waals surface area contributed by atoms with Gasteiger partial charge in [0.2, 0.25) is 5.91 Å². The molecule has 2 saturated heterocycles. The summed E-state index contributed by atoms with van der Waals surface area (Å²) in [7, 11) is 0. The summed E-state index contributed by atoms with van der Waals surface area (Å²) >= 11 is 1.57. The largest absolute Gasteiger partial charge is 0.375 e. The van der Waals surface area contributed by atoms with Crippen molar-refractivity contribution in [3.8, 4) is 0 Å². The number of rotatable bonds is 5. The highest BCUT2D eigenvalue weighted by Gasteiger charge is 2.45. The number of hydrogen-bond acceptors (Lipinski definition) is 7. The maximum absolute atomic E-state index is 13.6. The van der Waals surface area contributed by atoms with E-state index in [1.165, 1.54) is 4.90 Å². The molecule has 0 saturated carbocycles. The number of nitrogens with one attached hydrogen (secondary N) is 1. The van der Waals surface area contributed by atoms with E-state index in [0.29, 0.717) is 43.7 Å². The molecule has 3 aliphatic heterocycles. The molecular formula is C26H32N4O4S. The smallest absolute Gasteiger partial charge is 0.263 e. The highest BCUT2D eigenvalue weighted by atomic mass is 32.1. The van der Waals surface area contributed by atoms with Crippen LogP contribution in [0, 0.1) is 12.8 Å². The Hall–Kier alpha value is -2.78. The molecule has 186 valence electrons. The van der Waals surface area contributed by atoms with Crippen LogP contribution in [0.5, 0.6) is 0 Å². The predicted molar refractivity (Wildman–Crippen MR) is 134 cm³/mol. The van der Waals surface area contributed by atoms with E-state index in [2.05, 4.69) is 15.2 Å². The Bertz CT molecular complexity index is 1160. The Morgan fingerprint density at radius 3 is 2.83 bits per heavy atom. The lowest BCUT2D eigenvalue weighted by Crippen LogP contribution is -2.48. The number of anilines is 1. The molecule has 0 bridgehead atoms. The van der Waals surface area contributed by atoms with Gasteiger partial charge in [-0.05, 0) is 58.6 Å². The zero-order valence-corrected chi connectivity index (χ0v) is 21.3. The fraction of sp³-hybridized carbons (Fsp3) is 0.538. The number of aryl methyl sites for hydroxylation is 1. The first-order valence-corrected chi connectivity index (χ1v) is 13.2. The zero-order valence-electron chi connectivity index (χ0n) is 20.5. The molecule has 3 aliphatic rings. The van der Waals surface area contributed by atoms with Crippen LogP contribution >= 0.6 is 11.3 Å². The van der Waals surface area contributed by atoms with Gasteiger partial charge in [-0.3, -0.25) is 19.3 Å². The van der Waals surface area contributed by atoms with Crippen molar-refractivity contribution in [2.24, 2.45) is 5.92 Å². The minimum absolute atomic E-state index is 0.00129. The van der Waals surface area contributed by atoms with Crippen molar-refractivity contribution in [3.05, 3.63) is 45.4 Å². The number of thiazole rings is 1. The number of imide groups is 1. The topological polar surface area (TPSA) is 91.8 Å². The van der Waals surface area contributed by atoms with Gasteiger partial charge in [0.1, 0.15) is 0 Å². The molecule has 5 rings (SSSR count). The second-order valence-corrected chi connectivity index (χ2v) is 11.4. The number of amides is 3. The van der Waals surface area contributed by atoms with Crippen LogP contribution in [0.15, 0.2) is 23.6 Å². The Labute approximate surface area is 209 Å². The van der Waals surface area contributed by atoms with Crippen LogP contribution in [0.3, 0.4) is 0 Å². The highest BCUT2D eigenvalue weighted by molar-refractivity contribution is 7.09. The van der Waals surface area contributed by atoms with Crippen molar-refractivity contribution in [2.75, 3.05) is 24.6 Å². The number of ether oxygens (including phenoxy) is 1. The number of carbonyl (C=O) groups is 3. The monoisotopic (exact) mass is 496 g/mol. The van der Waals surface area contributed by atoms with Gasteiger partial charge in [-0.1, -0.05) is 6.07 Å². The van der Waals surface area contributed by atoms with Gasteiger partial charge in [0.25, 0.3) is 11.8 Å². The third kappa shape index (κ3) is 4.71. The molecule has 35 heavy (non-hydrogen) atoms. The fourth-order valence-electron chi connectivity index (χ4n) is 5.52. The maximum Gasteiger partial charge on any atom is 0.263 e. The van der Waals surface area contributed by atoms with E-state index < -0.39 is 0 Å². The molecule has 0 spiro atoms. The first kappa shape index (κ1) is 23.9. The second-order valence-electron chi connectivity index (χ2n) is 10.3. The van der Waals surface area contributed by atoms with Crippen LogP contribution in [0.1, 0.15) is 70.9 Å². The normalized spacial score (nSPS) is 24.0. The third-order valence-corrected chi connectivity index (χ3v) is 8.03. The SMILES string of the molecule is Cc1nc(CNC(=O)C2CCCN(c3cccc4c3C(=O)N(C3CCOC(C)(C)C3)C4=O)C2)cs1. The van der Waals surface area contributed by atoms with Gasteiger partial charge in [-0.15, -0.1) is 11.3 Å². The summed E-state index contributed by atoms with van der Waals surface area (Å²) in [5, 5.41) is 5.96. The first-order chi connectivity index (χ1) is 16.7. The molecule has 2 atom stereocenters. The molecule has 1 aromatic heterocycles. The van der Waals surface area contributed by atoms with Gasteiger partial charge in [-0.25, -0.2) is 4.98 Å². The van der Waals surface area contributed by atoms with Crippen molar-refractivity contribution >= 4 is 34.7 Å². The van der Waals surface area contributed by atoms with E-state index in [9.17, 15) is 14.4 Å². The molecule has 2 aromatic rings. The summed E-state index contributed by atoms with van der Waals surface area (Å²) in [6.45, 7) is 8.16. The van der Waals surface area contributed by atoms with Crippen LogP contribution in [0.4, 0.5) is 5.69 Å². The van der Waals surface area contributed by atoms with Crippen molar-refractivity contribution in [2.45, 2.75) is 64.6 Å². The minimum atomic E-state index is -0.369. The van der Waals surface area contributed by atoms with E-state index in [1.807, 2.05) is 38.3 Å². The van der Waals surface area contributed by atoms with Crippen molar-refractivity contribution in [1.29, 1.82) is 0 Å². The van der Waals surface area contributed by atoms with Gasteiger partial charge < -0.3 is 15.0 Å². The van der Waals surface area contributed by atoms with Crippen molar-refractivity contribution < 1.29 is 19.1 Å². The lowest BCUT2D eigenvalue weighted by atomic mass is 9.93. The second kappa shape index (κ2) is 9.35. The average molecular weight is 497 g/mol. The van der Waals surface area contributed by atoms with E-state index in [-0.39, 0.29) is 35.3 Å². The summed E-state index contributed by atoms with van der Waals surface area (Å²) in [6, 6.07) is 5.31. The van der Waals surface area contributed by atoms with Crippen LogP contribution < -0.4 is 10.2 Å². The number of nitrogens with zero attached hydrogens (tertiary/aromatic N) is 3. The molecule has 0 radical (unpaired) electrons. The van der Waals surface area contributed by atoms with E-state index in [0.717, 1.165) is 35.8 Å². The van der Waals surface area contributed by atoms with Crippen LogP contribution in [0.2, 0.25) is 0 Å². The number of hydrogen-bond donors (Lipinski definition) is 1. The summed E-state index contributed by atoms with van der Waals surface area (Å²) < 4.78 is 5.81. The number of piperidine rings is 1. The Morgan fingerprint density at radius 1 is 1.26 bits per heavy atom. The minimum Gasteiger partial charge on any atom is -0.375 e. The Balaban J connectivity index is 1.32. The lowest BCUT2D eigenvalue weighted by Gasteiger charge is -2.39. The van der Waals surface area contributed by atoms with Gasteiger partial charge >= 0.3 is 0 Å². The van der Waals surface area contributed by atoms with Crippen molar-refractivity contribution in [1.82, 2.24) is 15.2 Å². The summed E-state index contributed by atoms with van der Waals surface area (Å²) in [5.74, 6) is -0.631. The lowest BCUT2D eigenvalue weighted by molar-refractivity contribution is -0.125. The van der Waals surface area contributed by atoms with E-state index >= 15 is 0 Å². The molecular weight excluding hydrogens is 464 g/mol. The molecule has 1 aromatic carbocycles. The van der Waals surface area contributed by atoms with Gasteiger partial charge in [0.15, 0.2) is 0 Å². The molecule has 1 N–H and O–H groups in total. The molecule has 2 unspecified atom stereocenters. The van der Waals surface area contributed by atoms with Crippen LogP contribution in [-0.2, 0) is 16.1 Å². The number of fused-ring (bicyclic) bond motifs is 1. The van der Waals surface area contributed by atoms with Crippen molar-refractivity contribution in [3.63, 3.8) is 0 Å². The standard InChI is InChI=1S/C26H32N4O4S/c1-16-28-18(15-35-16)13-27-23(31)17-6-5-10-29(14-17)21-8-4-7-20-22(21)25(33)30(24(20)32)19-9-11-34-26(2,3)12-19/h4,7-8,15,17,19H,5-6,9-14H2,1-3H3,(H,27,31). The molecule has 9 heteroatoms. The number of carbonyl (C=O) groups excluding carboxylic acids is 3. The third-order valence-electron chi connectivity index (χ3n) is 7.20. The molecule has 8 nitrogen and oxygen atoms in total. The van der Waals surface area contributed by atoms with Gasteiger partial charge in [0, 0.05) is 31.1 Å². The molecule has 3 amide bonds. The molecule has 4 heterocycles. The van der Waals surface area contributed by atoms with Gasteiger partial charge in [-0.2, -0.15) is 0 Å². The Morgan fingerprint density at radius 2 is 2.09 bits per heavy atom. The molecule has 0 aliphatic carbocycles. The summed E-state index contributed by atoms with van der Waals surface area (Å²) in [5.41, 5.74) is 2.19. The van der Waals surface area contributed by atoms with E-state index in [4.69, 9.17) is 4.74 Å². The van der Waals surface area contributed by atoms with Crippen LogP contribution in [-0.4, -0.2) is 58.9 Å². The summed E-state index contributed by atoms with van der Waals surface area (Å²) in [6.07, 6.45) is 2.91. The summed E-state index contributed by atoms with van der Waals surface area (Å²) in [4.78, 5) is 47.8. The number of benzene rings is 1. The zero-order chi connectivity index (χ0) is 24.7. The fourth-order valence-corrected chi connectivity index (χ4v) is 6.13. The Kier molecular flexibility index (Phi) is 6.40. The quantitative estimate of drug-likeness (QED) is 0.637. The molecule has 2 fully saturated rings. The van der Waals surface area contributed by atoms with E-state index in [1.54, 1.807) is 17.4 Å². The van der Waals surface area contributed by atoms with Gasteiger partial charge in [0.05, 0.1) is 45.6 Å². The predicted octanol–water partition coefficient (Wildman–Crippen LogP) is 3.54.